The van der Waals surface area contributed by atoms with Gasteiger partial charge in [-0.3, -0.25) is 9.10 Å². The summed E-state index contributed by atoms with van der Waals surface area (Å²) in [6, 6.07) is 18.8. The van der Waals surface area contributed by atoms with Gasteiger partial charge in [-0.2, -0.15) is 0 Å². The largest absolute Gasteiger partial charge is 0.497 e. The van der Waals surface area contributed by atoms with E-state index >= 15 is 0 Å². The van der Waals surface area contributed by atoms with Crippen LogP contribution in [0.2, 0.25) is 0 Å². The Morgan fingerprint density at radius 1 is 0.941 bits per heavy atom. The Balaban J connectivity index is 1.71. The molecule has 9 heteroatoms. The van der Waals surface area contributed by atoms with Crippen molar-refractivity contribution in [3.8, 4) is 11.5 Å². The molecule has 0 aliphatic heterocycles. The van der Waals surface area contributed by atoms with E-state index in [2.05, 4.69) is 5.32 Å². The molecular formula is C25H27FN2O5S. The van der Waals surface area contributed by atoms with E-state index in [1.165, 1.54) is 49.6 Å². The van der Waals surface area contributed by atoms with Crippen molar-refractivity contribution in [2.45, 2.75) is 17.7 Å². The van der Waals surface area contributed by atoms with Crippen LogP contribution in [0.4, 0.5) is 10.1 Å². The third kappa shape index (κ3) is 6.26. The van der Waals surface area contributed by atoms with Crippen LogP contribution in [-0.2, 0) is 21.2 Å². The van der Waals surface area contributed by atoms with E-state index in [0.29, 0.717) is 25.1 Å². The summed E-state index contributed by atoms with van der Waals surface area (Å²) < 4.78 is 52.2. The Bertz CT molecular complexity index is 1220. The summed E-state index contributed by atoms with van der Waals surface area (Å²) in [5.74, 6) is -0.0487. The zero-order valence-corrected chi connectivity index (χ0v) is 19.8. The molecule has 0 aromatic heterocycles. The molecule has 0 atom stereocenters. The first-order valence-electron chi connectivity index (χ1n) is 10.7. The fraction of sp³-hybridized carbons (Fsp3) is 0.240. The van der Waals surface area contributed by atoms with Crippen molar-refractivity contribution >= 4 is 21.6 Å². The average Bonchev–Trinajstić information content (AvgIpc) is 2.86. The molecule has 3 aromatic carbocycles. The summed E-state index contributed by atoms with van der Waals surface area (Å²) in [5.41, 5.74) is 0.855. The van der Waals surface area contributed by atoms with Crippen LogP contribution in [0, 0.1) is 5.82 Å². The topological polar surface area (TPSA) is 84.9 Å². The second-order valence-corrected chi connectivity index (χ2v) is 9.31. The summed E-state index contributed by atoms with van der Waals surface area (Å²) in [6.07, 6.45) is 1.35. The van der Waals surface area contributed by atoms with Crippen molar-refractivity contribution in [1.82, 2.24) is 5.32 Å². The molecule has 3 rings (SSSR count). The van der Waals surface area contributed by atoms with Crippen LogP contribution in [0.25, 0.3) is 0 Å². The monoisotopic (exact) mass is 486 g/mol. The SMILES string of the molecule is COc1ccc(S(=O)(=O)N(CC(=O)NCCCc2cccc(OC)c2)c2ccccc2F)cc1. The number of para-hydroxylation sites is 1. The summed E-state index contributed by atoms with van der Waals surface area (Å²) in [7, 11) is -1.15. The molecule has 7 nitrogen and oxygen atoms in total. The van der Waals surface area contributed by atoms with Crippen LogP contribution >= 0.6 is 0 Å². The van der Waals surface area contributed by atoms with Gasteiger partial charge in [0.1, 0.15) is 23.9 Å². The van der Waals surface area contributed by atoms with Crippen LogP contribution in [0.3, 0.4) is 0 Å². The number of carbonyl (C=O) groups excluding carboxylic acids is 1. The van der Waals surface area contributed by atoms with Gasteiger partial charge in [-0.05, 0) is 66.9 Å². The van der Waals surface area contributed by atoms with E-state index in [1.54, 1.807) is 7.11 Å². The van der Waals surface area contributed by atoms with E-state index in [1.807, 2.05) is 24.3 Å². The van der Waals surface area contributed by atoms with Crippen molar-refractivity contribution in [3.05, 3.63) is 84.2 Å². The maximum atomic E-state index is 14.5. The Hall–Kier alpha value is -3.59. The van der Waals surface area contributed by atoms with Gasteiger partial charge in [0.05, 0.1) is 24.8 Å². The smallest absolute Gasteiger partial charge is 0.264 e. The number of benzene rings is 3. The second kappa shape index (κ2) is 11.5. The van der Waals surface area contributed by atoms with Crippen LogP contribution in [0.5, 0.6) is 11.5 Å². The normalized spacial score (nSPS) is 11.0. The zero-order valence-electron chi connectivity index (χ0n) is 19.0. The molecule has 0 heterocycles. The van der Waals surface area contributed by atoms with Crippen LogP contribution in [-0.4, -0.2) is 41.6 Å². The molecule has 0 fully saturated rings. The molecule has 0 aliphatic carbocycles. The van der Waals surface area contributed by atoms with Gasteiger partial charge in [-0.15, -0.1) is 0 Å². The summed E-state index contributed by atoms with van der Waals surface area (Å²) in [4.78, 5) is 12.6. The fourth-order valence-corrected chi connectivity index (χ4v) is 4.79. The molecular weight excluding hydrogens is 459 g/mol. The lowest BCUT2D eigenvalue weighted by atomic mass is 10.1. The number of nitrogens with one attached hydrogen (secondary N) is 1. The van der Waals surface area contributed by atoms with Gasteiger partial charge in [-0.1, -0.05) is 24.3 Å². The number of aryl methyl sites for hydroxylation is 1. The minimum atomic E-state index is -4.21. The van der Waals surface area contributed by atoms with Gasteiger partial charge in [-0.25, -0.2) is 12.8 Å². The Morgan fingerprint density at radius 3 is 2.32 bits per heavy atom. The molecule has 0 saturated carbocycles. The fourth-order valence-electron chi connectivity index (χ4n) is 3.36. The van der Waals surface area contributed by atoms with Gasteiger partial charge < -0.3 is 14.8 Å². The minimum Gasteiger partial charge on any atom is -0.497 e. The first-order chi connectivity index (χ1) is 16.3. The number of anilines is 1. The van der Waals surface area contributed by atoms with E-state index in [0.717, 1.165) is 21.7 Å². The van der Waals surface area contributed by atoms with Crippen LogP contribution in [0.15, 0.2) is 77.7 Å². The molecule has 0 unspecified atom stereocenters. The first kappa shape index (κ1) is 25.0. The lowest BCUT2D eigenvalue weighted by molar-refractivity contribution is -0.119. The van der Waals surface area contributed by atoms with Crippen LogP contribution < -0.4 is 19.1 Å². The molecule has 0 radical (unpaired) electrons. The number of ether oxygens (including phenoxy) is 2. The predicted molar refractivity (Wildman–Crippen MR) is 128 cm³/mol. The minimum absolute atomic E-state index is 0.0811. The standard InChI is InChI=1S/C25H27FN2O5S/c1-32-20-12-14-22(15-13-20)34(30,31)28(24-11-4-3-10-23(24)26)18-25(29)27-16-6-8-19-7-5-9-21(17-19)33-2/h3-5,7,9-15,17H,6,8,16,18H2,1-2H3,(H,27,29). The highest BCUT2D eigenvalue weighted by Gasteiger charge is 2.29. The number of methoxy groups -OCH3 is 2. The molecule has 1 N–H and O–H groups in total. The maximum Gasteiger partial charge on any atom is 0.264 e. The number of rotatable bonds is 11. The van der Waals surface area contributed by atoms with Crippen molar-refractivity contribution in [3.63, 3.8) is 0 Å². The van der Waals surface area contributed by atoms with Gasteiger partial charge in [0, 0.05) is 6.54 Å². The van der Waals surface area contributed by atoms with Gasteiger partial charge in [0.2, 0.25) is 5.91 Å². The highest BCUT2D eigenvalue weighted by Crippen LogP contribution is 2.27. The third-order valence-electron chi connectivity index (χ3n) is 5.15. The lowest BCUT2D eigenvalue weighted by Crippen LogP contribution is -2.41. The molecule has 0 spiro atoms. The number of amides is 1. The average molecular weight is 487 g/mol. The Kier molecular flexibility index (Phi) is 8.48. The van der Waals surface area contributed by atoms with E-state index < -0.39 is 28.3 Å². The Labute approximate surface area is 199 Å². The van der Waals surface area contributed by atoms with Crippen molar-refractivity contribution < 1.29 is 27.1 Å². The van der Waals surface area contributed by atoms with Crippen molar-refractivity contribution in [2.75, 3.05) is 31.6 Å². The third-order valence-corrected chi connectivity index (χ3v) is 6.93. The maximum absolute atomic E-state index is 14.5. The highest BCUT2D eigenvalue weighted by molar-refractivity contribution is 7.92. The van der Waals surface area contributed by atoms with E-state index in [-0.39, 0.29) is 10.6 Å². The number of nitrogens with zero attached hydrogens (tertiary/aromatic N) is 1. The zero-order chi connectivity index (χ0) is 24.6. The molecule has 0 aliphatic rings. The predicted octanol–water partition coefficient (Wildman–Crippen LogP) is 3.79. The number of carbonyl (C=O) groups is 1. The van der Waals surface area contributed by atoms with Crippen molar-refractivity contribution in [1.29, 1.82) is 0 Å². The second-order valence-electron chi connectivity index (χ2n) is 7.44. The first-order valence-corrected chi connectivity index (χ1v) is 12.1. The van der Waals surface area contributed by atoms with Crippen molar-refractivity contribution in [2.24, 2.45) is 0 Å². The number of halogens is 1. The molecule has 0 saturated heterocycles. The molecule has 0 bridgehead atoms. The molecule has 180 valence electrons. The van der Waals surface area contributed by atoms with E-state index in [9.17, 15) is 17.6 Å². The number of hydrogen-bond acceptors (Lipinski definition) is 5. The summed E-state index contributed by atoms with van der Waals surface area (Å²) in [6.45, 7) is -0.224. The van der Waals surface area contributed by atoms with Crippen LogP contribution in [0.1, 0.15) is 12.0 Å². The van der Waals surface area contributed by atoms with E-state index in [4.69, 9.17) is 9.47 Å². The molecule has 34 heavy (non-hydrogen) atoms. The molecule has 3 aromatic rings. The Morgan fingerprint density at radius 2 is 1.65 bits per heavy atom. The highest BCUT2D eigenvalue weighted by atomic mass is 32.2. The van der Waals surface area contributed by atoms with Gasteiger partial charge >= 0.3 is 0 Å². The lowest BCUT2D eigenvalue weighted by Gasteiger charge is -2.24. The number of hydrogen-bond donors (Lipinski definition) is 1. The summed E-state index contributed by atoms with van der Waals surface area (Å²) >= 11 is 0. The molecule has 1 amide bonds. The van der Waals surface area contributed by atoms with Gasteiger partial charge in [0.15, 0.2) is 0 Å². The quantitative estimate of drug-likeness (QED) is 0.417. The number of sulfonamides is 1. The summed E-state index contributed by atoms with van der Waals surface area (Å²) in [5, 5.41) is 2.72. The van der Waals surface area contributed by atoms with Gasteiger partial charge in [0.25, 0.3) is 10.0 Å².